The van der Waals surface area contributed by atoms with Crippen molar-refractivity contribution in [3.8, 4) is 0 Å². The molecular formula is C5H9BO3. The first kappa shape index (κ1) is 6.61. The van der Waals surface area contributed by atoms with Gasteiger partial charge in [-0.05, 0) is 6.42 Å². The summed E-state index contributed by atoms with van der Waals surface area (Å²) >= 11 is 0. The first-order valence-corrected chi connectivity index (χ1v) is 3.01. The minimum Gasteiger partial charge on any atom is -0.460 e. The molecule has 0 amide bonds. The maximum atomic E-state index is 10.5. The summed E-state index contributed by atoms with van der Waals surface area (Å²) in [6, 6.07) is 0. The fourth-order valence-corrected chi connectivity index (χ4v) is 0.886. The summed E-state index contributed by atoms with van der Waals surface area (Å²) in [5.74, 6) is -0.1000. The van der Waals surface area contributed by atoms with Gasteiger partial charge in [0.2, 0.25) is 0 Å². The number of carbonyl (C=O) groups excluding carboxylic acids is 1. The molecule has 50 valence electrons. The minimum atomic E-state index is -0.1000. The van der Waals surface area contributed by atoms with Crippen molar-refractivity contribution in [2.45, 2.75) is 18.9 Å². The van der Waals surface area contributed by atoms with Crippen LogP contribution in [0.5, 0.6) is 0 Å². The molecule has 0 bridgehead atoms. The summed E-state index contributed by atoms with van der Waals surface area (Å²) < 4.78 is 9.63. The molecule has 1 saturated heterocycles. The first-order chi connectivity index (χ1) is 4.33. The van der Waals surface area contributed by atoms with Crippen molar-refractivity contribution in [3.63, 3.8) is 0 Å². The second-order valence-electron chi connectivity index (χ2n) is 2.11. The van der Waals surface area contributed by atoms with E-state index in [0.29, 0.717) is 13.0 Å². The molecule has 0 saturated carbocycles. The Bertz CT molecular complexity index is 115. The van der Waals surface area contributed by atoms with Crippen LogP contribution >= 0.6 is 0 Å². The highest BCUT2D eigenvalue weighted by Crippen LogP contribution is 2.12. The lowest BCUT2D eigenvalue weighted by molar-refractivity contribution is -0.142. The van der Waals surface area contributed by atoms with Crippen LogP contribution in [0.15, 0.2) is 0 Å². The molecular weight excluding hydrogens is 119 g/mol. The number of cyclic esters (lactones) is 1. The molecule has 1 rings (SSSR count). The Balaban J connectivity index is 2.22. The Morgan fingerprint density at radius 1 is 1.89 bits per heavy atom. The standard InChI is InChI=1S/C5H9BO3/c6-8-3-4-1-2-5(7)9-4/h4H,1-3,6H2. The highest BCUT2D eigenvalue weighted by atomic mass is 16.6. The molecule has 0 aromatic heterocycles. The lowest BCUT2D eigenvalue weighted by Crippen LogP contribution is -2.13. The van der Waals surface area contributed by atoms with Gasteiger partial charge in [0.25, 0.3) is 8.05 Å². The zero-order valence-electron chi connectivity index (χ0n) is 5.42. The molecule has 0 radical (unpaired) electrons. The van der Waals surface area contributed by atoms with Gasteiger partial charge in [-0.1, -0.05) is 0 Å². The summed E-state index contributed by atoms with van der Waals surface area (Å²) in [5, 5.41) is 0. The normalized spacial score (nSPS) is 26.2. The average Bonchev–Trinajstić information content (AvgIpc) is 2.17. The lowest BCUT2D eigenvalue weighted by Gasteiger charge is -2.05. The van der Waals surface area contributed by atoms with Crippen molar-refractivity contribution in [2.75, 3.05) is 6.61 Å². The van der Waals surface area contributed by atoms with Crippen molar-refractivity contribution >= 4 is 14.0 Å². The van der Waals surface area contributed by atoms with Crippen molar-refractivity contribution in [1.29, 1.82) is 0 Å². The lowest BCUT2D eigenvalue weighted by atomic mass is 10.2. The highest BCUT2D eigenvalue weighted by molar-refractivity contribution is 5.97. The van der Waals surface area contributed by atoms with E-state index in [-0.39, 0.29) is 12.1 Å². The van der Waals surface area contributed by atoms with Gasteiger partial charge in [0.15, 0.2) is 0 Å². The van der Waals surface area contributed by atoms with Crippen LogP contribution < -0.4 is 0 Å². The molecule has 0 aromatic rings. The van der Waals surface area contributed by atoms with E-state index in [0.717, 1.165) is 6.42 Å². The fourth-order valence-electron chi connectivity index (χ4n) is 0.886. The Morgan fingerprint density at radius 2 is 2.67 bits per heavy atom. The SMILES string of the molecule is BOCC1CCC(=O)O1. The van der Waals surface area contributed by atoms with Gasteiger partial charge in [-0.3, -0.25) is 4.79 Å². The Hall–Kier alpha value is -0.505. The van der Waals surface area contributed by atoms with Crippen LogP contribution in [-0.2, 0) is 14.2 Å². The predicted octanol–water partition coefficient (Wildman–Crippen LogP) is -0.743. The van der Waals surface area contributed by atoms with Gasteiger partial charge in [-0.2, -0.15) is 0 Å². The van der Waals surface area contributed by atoms with Gasteiger partial charge in [-0.15, -0.1) is 0 Å². The number of hydrogen-bond donors (Lipinski definition) is 0. The third-order valence-corrected chi connectivity index (χ3v) is 1.32. The van der Waals surface area contributed by atoms with Crippen LogP contribution in [0.2, 0.25) is 0 Å². The highest BCUT2D eigenvalue weighted by Gasteiger charge is 2.22. The maximum absolute atomic E-state index is 10.5. The van der Waals surface area contributed by atoms with Crippen molar-refractivity contribution in [2.24, 2.45) is 0 Å². The van der Waals surface area contributed by atoms with Crippen LogP contribution in [0.3, 0.4) is 0 Å². The fraction of sp³-hybridized carbons (Fsp3) is 0.800. The van der Waals surface area contributed by atoms with Crippen LogP contribution in [0.4, 0.5) is 0 Å². The third-order valence-electron chi connectivity index (χ3n) is 1.32. The number of carbonyl (C=O) groups is 1. The predicted molar refractivity (Wildman–Crippen MR) is 33.6 cm³/mol. The smallest absolute Gasteiger partial charge is 0.306 e. The van der Waals surface area contributed by atoms with E-state index in [2.05, 4.69) is 0 Å². The van der Waals surface area contributed by atoms with Gasteiger partial charge in [0, 0.05) is 6.42 Å². The van der Waals surface area contributed by atoms with E-state index in [1.165, 1.54) is 0 Å². The van der Waals surface area contributed by atoms with Crippen LogP contribution in [-0.4, -0.2) is 26.7 Å². The molecule has 1 atom stereocenters. The zero-order valence-corrected chi connectivity index (χ0v) is 5.42. The first-order valence-electron chi connectivity index (χ1n) is 3.01. The second-order valence-corrected chi connectivity index (χ2v) is 2.11. The summed E-state index contributed by atoms with van der Waals surface area (Å²) in [4.78, 5) is 10.5. The molecule has 1 unspecified atom stereocenters. The van der Waals surface area contributed by atoms with Crippen LogP contribution in [0, 0.1) is 0 Å². The molecule has 1 aliphatic rings. The molecule has 0 aromatic carbocycles. The molecule has 0 spiro atoms. The quantitative estimate of drug-likeness (QED) is 0.362. The summed E-state index contributed by atoms with van der Waals surface area (Å²) in [6.45, 7) is 0.533. The Kier molecular flexibility index (Phi) is 2.11. The summed E-state index contributed by atoms with van der Waals surface area (Å²) in [7, 11) is 1.60. The molecule has 1 fully saturated rings. The summed E-state index contributed by atoms with van der Waals surface area (Å²) in [6.07, 6.45) is 1.38. The Labute approximate surface area is 54.8 Å². The number of rotatable bonds is 2. The zero-order chi connectivity index (χ0) is 6.69. The summed E-state index contributed by atoms with van der Waals surface area (Å²) in [5.41, 5.74) is 0. The van der Waals surface area contributed by atoms with Gasteiger partial charge in [-0.25, -0.2) is 0 Å². The number of ether oxygens (including phenoxy) is 1. The monoisotopic (exact) mass is 128 g/mol. The van der Waals surface area contributed by atoms with Crippen molar-refractivity contribution < 1.29 is 14.2 Å². The second kappa shape index (κ2) is 2.87. The molecule has 9 heavy (non-hydrogen) atoms. The molecule has 3 nitrogen and oxygen atoms in total. The third kappa shape index (κ3) is 1.71. The van der Waals surface area contributed by atoms with Crippen LogP contribution in [0.25, 0.3) is 0 Å². The molecule has 0 N–H and O–H groups in total. The van der Waals surface area contributed by atoms with Crippen molar-refractivity contribution in [3.05, 3.63) is 0 Å². The largest absolute Gasteiger partial charge is 0.460 e. The maximum Gasteiger partial charge on any atom is 0.306 e. The van der Waals surface area contributed by atoms with Gasteiger partial charge in [0.1, 0.15) is 6.10 Å². The van der Waals surface area contributed by atoms with E-state index in [1.807, 2.05) is 0 Å². The van der Waals surface area contributed by atoms with Gasteiger partial charge < -0.3 is 9.39 Å². The van der Waals surface area contributed by atoms with Gasteiger partial charge in [0.05, 0.1) is 6.61 Å². The van der Waals surface area contributed by atoms with E-state index in [1.54, 1.807) is 8.05 Å². The number of esters is 1. The topological polar surface area (TPSA) is 35.5 Å². The van der Waals surface area contributed by atoms with E-state index in [4.69, 9.17) is 9.39 Å². The average molecular weight is 128 g/mol. The van der Waals surface area contributed by atoms with Crippen molar-refractivity contribution in [1.82, 2.24) is 0 Å². The van der Waals surface area contributed by atoms with Crippen LogP contribution in [0.1, 0.15) is 12.8 Å². The van der Waals surface area contributed by atoms with E-state index >= 15 is 0 Å². The number of hydrogen-bond acceptors (Lipinski definition) is 3. The van der Waals surface area contributed by atoms with E-state index in [9.17, 15) is 4.79 Å². The molecule has 4 heteroatoms. The molecule has 0 aliphatic carbocycles. The molecule has 1 heterocycles. The Morgan fingerprint density at radius 3 is 3.11 bits per heavy atom. The van der Waals surface area contributed by atoms with E-state index < -0.39 is 0 Å². The molecule has 1 aliphatic heterocycles. The van der Waals surface area contributed by atoms with Gasteiger partial charge >= 0.3 is 5.97 Å². The minimum absolute atomic E-state index is 0.0162.